The lowest BCUT2D eigenvalue weighted by molar-refractivity contribution is -0.125. The van der Waals surface area contributed by atoms with Crippen LogP contribution in [0.15, 0.2) is 24.3 Å². The van der Waals surface area contributed by atoms with Gasteiger partial charge in [-0.15, -0.1) is 0 Å². The molecule has 5 nitrogen and oxygen atoms in total. The van der Waals surface area contributed by atoms with Crippen LogP contribution in [0.4, 0.5) is 0 Å². The van der Waals surface area contributed by atoms with Gasteiger partial charge in [0.15, 0.2) is 0 Å². The predicted molar refractivity (Wildman–Crippen MR) is 79.9 cm³/mol. The lowest BCUT2D eigenvalue weighted by Gasteiger charge is -2.22. The summed E-state index contributed by atoms with van der Waals surface area (Å²) in [6.07, 6.45) is 2.87. The first-order valence-corrected chi connectivity index (χ1v) is 7.33. The van der Waals surface area contributed by atoms with Crippen molar-refractivity contribution >= 4 is 5.91 Å². The predicted octanol–water partition coefficient (Wildman–Crippen LogP) is 1.54. The molecule has 1 unspecified atom stereocenters. The van der Waals surface area contributed by atoms with Crippen molar-refractivity contribution in [2.45, 2.75) is 25.3 Å². The first kappa shape index (κ1) is 15.3. The van der Waals surface area contributed by atoms with Crippen LogP contribution in [-0.4, -0.2) is 43.6 Å². The van der Waals surface area contributed by atoms with Gasteiger partial charge >= 0.3 is 0 Å². The van der Waals surface area contributed by atoms with Gasteiger partial charge in [-0.2, -0.15) is 5.26 Å². The summed E-state index contributed by atoms with van der Waals surface area (Å²) in [4.78, 5) is 14.0. The van der Waals surface area contributed by atoms with E-state index in [1.807, 2.05) is 12.1 Å². The van der Waals surface area contributed by atoms with Gasteiger partial charge in [0.1, 0.15) is 5.75 Å². The molecule has 0 spiro atoms. The third-order valence-corrected chi connectivity index (χ3v) is 3.73. The van der Waals surface area contributed by atoms with Crippen molar-refractivity contribution in [2.75, 3.05) is 26.7 Å². The number of ether oxygens (including phenoxy) is 1. The highest BCUT2D eigenvalue weighted by Crippen LogP contribution is 2.18. The number of nitrogens with one attached hydrogen (secondary N) is 1. The molecular weight excluding hydrogens is 266 g/mol. The molecule has 1 heterocycles. The molecule has 0 bridgehead atoms. The van der Waals surface area contributed by atoms with Crippen LogP contribution in [0, 0.1) is 11.3 Å². The third-order valence-electron chi connectivity index (χ3n) is 3.73. The molecule has 1 fully saturated rings. The maximum atomic E-state index is 11.7. The number of carbonyl (C=O) groups is 1. The van der Waals surface area contributed by atoms with Gasteiger partial charge in [-0.25, -0.2) is 0 Å². The van der Waals surface area contributed by atoms with E-state index in [4.69, 9.17) is 10.00 Å². The maximum Gasteiger partial charge on any atom is 0.237 e. The number of hydrogen-bond acceptors (Lipinski definition) is 4. The zero-order valence-electron chi connectivity index (χ0n) is 12.3. The van der Waals surface area contributed by atoms with E-state index < -0.39 is 0 Å². The second-order valence-corrected chi connectivity index (χ2v) is 5.15. The monoisotopic (exact) mass is 287 g/mol. The Kier molecular flexibility index (Phi) is 5.59. The summed E-state index contributed by atoms with van der Waals surface area (Å²) in [5.74, 6) is 0.827. The third kappa shape index (κ3) is 4.20. The molecule has 1 aliphatic rings. The zero-order valence-corrected chi connectivity index (χ0v) is 12.3. The van der Waals surface area contributed by atoms with Crippen LogP contribution in [-0.2, 0) is 4.79 Å². The van der Waals surface area contributed by atoms with Crippen LogP contribution in [0.25, 0.3) is 0 Å². The van der Waals surface area contributed by atoms with Gasteiger partial charge in [-0.3, -0.25) is 9.69 Å². The Morgan fingerprint density at radius 1 is 1.57 bits per heavy atom. The SMILES string of the molecule is CNC(=O)C1CCCN1CCCOc1cccc(C#N)c1. The minimum atomic E-state index is 0.0110. The Hall–Kier alpha value is -2.06. The molecule has 1 amide bonds. The number of likely N-dealkylation sites (N-methyl/N-ethyl adjacent to an activating group) is 1. The molecule has 5 heteroatoms. The smallest absolute Gasteiger partial charge is 0.237 e. The molecule has 0 aromatic heterocycles. The summed E-state index contributed by atoms with van der Waals surface area (Å²) in [7, 11) is 1.68. The van der Waals surface area contributed by atoms with Crippen LogP contribution >= 0.6 is 0 Å². The van der Waals surface area contributed by atoms with Crippen molar-refractivity contribution in [3.05, 3.63) is 29.8 Å². The molecule has 1 N–H and O–H groups in total. The molecule has 1 saturated heterocycles. The average Bonchev–Trinajstić information content (AvgIpc) is 2.99. The first-order valence-electron chi connectivity index (χ1n) is 7.33. The number of likely N-dealkylation sites (tertiary alicyclic amines) is 1. The molecule has 1 aromatic rings. The minimum absolute atomic E-state index is 0.0110. The van der Waals surface area contributed by atoms with E-state index in [0.29, 0.717) is 12.2 Å². The topological polar surface area (TPSA) is 65.4 Å². The van der Waals surface area contributed by atoms with Gasteiger partial charge < -0.3 is 10.1 Å². The fraction of sp³-hybridized carbons (Fsp3) is 0.500. The molecule has 0 radical (unpaired) electrons. The molecule has 0 aliphatic carbocycles. The number of hydrogen-bond donors (Lipinski definition) is 1. The molecule has 2 rings (SSSR count). The minimum Gasteiger partial charge on any atom is -0.494 e. The van der Waals surface area contributed by atoms with Crippen molar-refractivity contribution < 1.29 is 9.53 Å². The largest absolute Gasteiger partial charge is 0.494 e. The van der Waals surface area contributed by atoms with Crippen molar-refractivity contribution in [1.82, 2.24) is 10.2 Å². The van der Waals surface area contributed by atoms with E-state index in [1.165, 1.54) is 0 Å². The second-order valence-electron chi connectivity index (χ2n) is 5.15. The number of amides is 1. The summed E-state index contributed by atoms with van der Waals surface area (Å²) in [6.45, 7) is 2.42. The molecule has 1 aliphatic heterocycles. The Morgan fingerprint density at radius 2 is 2.43 bits per heavy atom. The van der Waals surface area contributed by atoms with Gasteiger partial charge in [0.2, 0.25) is 5.91 Å². The average molecular weight is 287 g/mol. The Bertz CT molecular complexity index is 524. The van der Waals surface area contributed by atoms with Crippen molar-refractivity contribution in [3.63, 3.8) is 0 Å². The van der Waals surface area contributed by atoms with Gasteiger partial charge in [0.05, 0.1) is 24.3 Å². The highest BCUT2D eigenvalue weighted by atomic mass is 16.5. The van der Waals surface area contributed by atoms with E-state index in [1.54, 1.807) is 19.2 Å². The van der Waals surface area contributed by atoms with Crippen LogP contribution < -0.4 is 10.1 Å². The first-order chi connectivity index (χ1) is 10.2. The van der Waals surface area contributed by atoms with Crippen molar-refractivity contribution in [1.29, 1.82) is 5.26 Å². The summed E-state index contributed by atoms with van der Waals surface area (Å²) < 4.78 is 5.65. The summed E-state index contributed by atoms with van der Waals surface area (Å²) in [6, 6.07) is 9.27. The lowest BCUT2D eigenvalue weighted by Crippen LogP contribution is -2.42. The second kappa shape index (κ2) is 7.65. The molecule has 1 aromatic carbocycles. The number of benzene rings is 1. The highest BCUT2D eigenvalue weighted by molar-refractivity contribution is 5.81. The zero-order chi connectivity index (χ0) is 15.1. The van der Waals surface area contributed by atoms with Crippen LogP contribution in [0.5, 0.6) is 5.75 Å². The van der Waals surface area contributed by atoms with Gasteiger partial charge in [0.25, 0.3) is 0 Å². The van der Waals surface area contributed by atoms with Crippen LogP contribution in [0.1, 0.15) is 24.8 Å². The number of nitriles is 1. The van der Waals surface area contributed by atoms with Crippen molar-refractivity contribution in [3.8, 4) is 11.8 Å². The number of carbonyl (C=O) groups excluding carboxylic acids is 1. The molecule has 1 atom stereocenters. The number of nitrogens with zero attached hydrogens (tertiary/aromatic N) is 2. The van der Waals surface area contributed by atoms with Gasteiger partial charge in [-0.05, 0) is 44.0 Å². The maximum absolute atomic E-state index is 11.7. The van der Waals surface area contributed by atoms with E-state index >= 15 is 0 Å². The standard InChI is InChI=1S/C16H21N3O2/c1-18-16(20)15-7-3-8-19(15)9-4-10-21-14-6-2-5-13(11-14)12-17/h2,5-6,11,15H,3-4,7-10H2,1H3,(H,18,20). The number of rotatable bonds is 6. The summed E-state index contributed by atoms with van der Waals surface area (Å²) in [5, 5.41) is 11.6. The van der Waals surface area contributed by atoms with E-state index in [0.717, 1.165) is 38.1 Å². The van der Waals surface area contributed by atoms with E-state index in [9.17, 15) is 4.79 Å². The molecule has 0 saturated carbocycles. The molecule has 21 heavy (non-hydrogen) atoms. The van der Waals surface area contributed by atoms with Gasteiger partial charge in [0, 0.05) is 13.6 Å². The molecule has 112 valence electrons. The Labute approximate surface area is 125 Å². The normalized spacial score (nSPS) is 18.2. The summed E-state index contributed by atoms with van der Waals surface area (Å²) >= 11 is 0. The van der Waals surface area contributed by atoms with Crippen molar-refractivity contribution in [2.24, 2.45) is 0 Å². The van der Waals surface area contributed by atoms with Crippen LogP contribution in [0.2, 0.25) is 0 Å². The Morgan fingerprint density at radius 3 is 3.19 bits per heavy atom. The van der Waals surface area contributed by atoms with Gasteiger partial charge in [-0.1, -0.05) is 6.07 Å². The highest BCUT2D eigenvalue weighted by Gasteiger charge is 2.29. The fourth-order valence-corrected chi connectivity index (χ4v) is 2.67. The summed E-state index contributed by atoms with van der Waals surface area (Å²) in [5.41, 5.74) is 0.603. The van der Waals surface area contributed by atoms with E-state index in [2.05, 4.69) is 16.3 Å². The Balaban J connectivity index is 1.74. The molecular formula is C16H21N3O2. The van der Waals surface area contributed by atoms with Crippen LogP contribution in [0.3, 0.4) is 0 Å². The van der Waals surface area contributed by atoms with E-state index in [-0.39, 0.29) is 11.9 Å². The fourth-order valence-electron chi connectivity index (χ4n) is 2.67. The lowest BCUT2D eigenvalue weighted by atomic mass is 10.2. The quantitative estimate of drug-likeness (QED) is 0.806.